The Morgan fingerprint density at radius 3 is 2.64 bits per heavy atom. The van der Waals surface area contributed by atoms with Crippen LogP contribution >= 0.6 is 0 Å². The summed E-state index contributed by atoms with van der Waals surface area (Å²) < 4.78 is 14.0. The zero-order valence-electron chi connectivity index (χ0n) is 14.3. The van der Waals surface area contributed by atoms with Crippen LogP contribution in [0.15, 0.2) is 66.7 Å². The van der Waals surface area contributed by atoms with Crippen LogP contribution in [0.4, 0.5) is 4.39 Å². The normalized spacial score (nSPS) is 17.3. The minimum absolute atomic E-state index is 0.0710. The van der Waals surface area contributed by atoms with Crippen LogP contribution in [0.1, 0.15) is 23.6 Å². The van der Waals surface area contributed by atoms with Crippen LogP contribution < -0.4 is 5.32 Å². The highest BCUT2D eigenvalue weighted by atomic mass is 19.1. The lowest BCUT2D eigenvalue weighted by molar-refractivity contribution is 0.242. The molecule has 0 amide bonds. The van der Waals surface area contributed by atoms with E-state index in [1.807, 2.05) is 12.1 Å². The van der Waals surface area contributed by atoms with Crippen molar-refractivity contribution in [2.45, 2.75) is 12.5 Å². The number of hydrogen-bond acceptors (Lipinski definition) is 2. The van der Waals surface area contributed by atoms with Crippen molar-refractivity contribution in [3.05, 3.63) is 83.7 Å². The molecule has 1 fully saturated rings. The first kappa shape index (κ1) is 16.2. The van der Waals surface area contributed by atoms with Gasteiger partial charge in [0.05, 0.1) is 6.04 Å². The number of halogens is 1. The molecule has 0 radical (unpaired) electrons. The first-order chi connectivity index (χ1) is 12.3. The Hall–Kier alpha value is -2.23. The second-order valence-electron chi connectivity index (χ2n) is 6.67. The summed E-state index contributed by atoms with van der Waals surface area (Å²) >= 11 is 0. The lowest BCUT2D eigenvalue weighted by Crippen LogP contribution is -2.33. The molecule has 1 unspecified atom stereocenters. The highest BCUT2D eigenvalue weighted by Gasteiger charge is 2.25. The second-order valence-corrected chi connectivity index (χ2v) is 6.67. The maximum Gasteiger partial charge on any atom is 0.123 e. The second kappa shape index (κ2) is 7.34. The number of rotatable bonds is 3. The number of fused-ring (bicyclic) bond motifs is 1. The zero-order valence-corrected chi connectivity index (χ0v) is 14.3. The summed E-state index contributed by atoms with van der Waals surface area (Å²) in [6.45, 7) is 3.99. The van der Waals surface area contributed by atoms with E-state index in [1.165, 1.54) is 22.4 Å². The Bertz CT molecular complexity index is 848. The lowest BCUT2D eigenvalue weighted by Gasteiger charge is -2.32. The first-order valence-electron chi connectivity index (χ1n) is 9.01. The summed E-state index contributed by atoms with van der Waals surface area (Å²) in [6, 6.07) is 22.1. The quantitative estimate of drug-likeness (QED) is 0.765. The fourth-order valence-electron chi connectivity index (χ4n) is 3.88. The van der Waals surface area contributed by atoms with Crippen molar-refractivity contribution in [3.63, 3.8) is 0 Å². The maximum absolute atomic E-state index is 14.0. The monoisotopic (exact) mass is 334 g/mol. The molecule has 4 rings (SSSR count). The Balaban J connectivity index is 1.87. The molecule has 0 aromatic heterocycles. The van der Waals surface area contributed by atoms with Crippen LogP contribution in [0.3, 0.4) is 0 Å². The predicted octanol–water partition coefficient (Wildman–Crippen LogP) is 4.36. The Labute approximate surface area is 148 Å². The van der Waals surface area contributed by atoms with Crippen LogP contribution in [-0.2, 0) is 0 Å². The molecule has 0 saturated carbocycles. The smallest absolute Gasteiger partial charge is 0.123 e. The Morgan fingerprint density at radius 1 is 0.880 bits per heavy atom. The number of nitrogens with one attached hydrogen (secondary N) is 1. The molecule has 0 spiro atoms. The van der Waals surface area contributed by atoms with Crippen LogP contribution in [-0.4, -0.2) is 31.1 Å². The van der Waals surface area contributed by atoms with Gasteiger partial charge >= 0.3 is 0 Å². The summed E-state index contributed by atoms with van der Waals surface area (Å²) in [6.07, 6.45) is 1.11. The molecular formula is C22H23FN2. The molecule has 3 heteroatoms. The van der Waals surface area contributed by atoms with E-state index < -0.39 is 0 Å². The van der Waals surface area contributed by atoms with Crippen molar-refractivity contribution in [2.75, 3.05) is 26.2 Å². The van der Waals surface area contributed by atoms with Crippen molar-refractivity contribution in [1.82, 2.24) is 10.2 Å². The Morgan fingerprint density at radius 2 is 1.72 bits per heavy atom. The summed E-state index contributed by atoms with van der Waals surface area (Å²) in [5, 5.41) is 5.95. The van der Waals surface area contributed by atoms with Gasteiger partial charge in [0.1, 0.15) is 5.82 Å². The van der Waals surface area contributed by atoms with E-state index in [4.69, 9.17) is 0 Å². The van der Waals surface area contributed by atoms with Gasteiger partial charge in [-0.2, -0.15) is 0 Å². The van der Waals surface area contributed by atoms with Crippen LogP contribution in [0.2, 0.25) is 0 Å². The lowest BCUT2D eigenvalue weighted by atomic mass is 9.92. The molecule has 128 valence electrons. The van der Waals surface area contributed by atoms with Crippen LogP contribution in [0.5, 0.6) is 0 Å². The van der Waals surface area contributed by atoms with E-state index in [9.17, 15) is 4.39 Å². The molecule has 3 aromatic rings. The fourth-order valence-corrected chi connectivity index (χ4v) is 3.88. The van der Waals surface area contributed by atoms with Gasteiger partial charge in [-0.15, -0.1) is 0 Å². The van der Waals surface area contributed by atoms with Gasteiger partial charge in [-0.25, -0.2) is 4.39 Å². The fraction of sp³-hybridized carbons (Fsp3) is 0.273. The van der Waals surface area contributed by atoms with Gasteiger partial charge in [0.25, 0.3) is 0 Å². The molecule has 1 aliphatic rings. The topological polar surface area (TPSA) is 15.3 Å². The third-order valence-corrected chi connectivity index (χ3v) is 5.02. The van der Waals surface area contributed by atoms with E-state index in [1.54, 1.807) is 6.07 Å². The third-order valence-electron chi connectivity index (χ3n) is 5.02. The first-order valence-corrected chi connectivity index (χ1v) is 9.01. The zero-order chi connectivity index (χ0) is 17.1. The number of benzene rings is 3. The van der Waals surface area contributed by atoms with Gasteiger partial charge in [0, 0.05) is 19.6 Å². The van der Waals surface area contributed by atoms with Crippen LogP contribution in [0.25, 0.3) is 10.8 Å². The Kier molecular flexibility index (Phi) is 4.77. The molecular weight excluding hydrogens is 311 g/mol. The molecule has 0 bridgehead atoms. The van der Waals surface area contributed by atoms with Gasteiger partial charge in [-0.1, -0.05) is 54.6 Å². The van der Waals surface area contributed by atoms with Gasteiger partial charge in [-0.3, -0.25) is 4.90 Å². The van der Waals surface area contributed by atoms with Crippen molar-refractivity contribution in [2.24, 2.45) is 0 Å². The largest absolute Gasteiger partial charge is 0.315 e. The van der Waals surface area contributed by atoms with E-state index in [0.717, 1.165) is 38.2 Å². The van der Waals surface area contributed by atoms with E-state index in [2.05, 4.69) is 52.7 Å². The van der Waals surface area contributed by atoms with E-state index in [-0.39, 0.29) is 11.9 Å². The van der Waals surface area contributed by atoms with Gasteiger partial charge in [0.2, 0.25) is 0 Å². The molecule has 1 N–H and O–H groups in total. The molecule has 25 heavy (non-hydrogen) atoms. The average molecular weight is 334 g/mol. The summed E-state index contributed by atoms with van der Waals surface area (Å²) in [7, 11) is 0. The molecule has 0 aliphatic carbocycles. The van der Waals surface area contributed by atoms with Gasteiger partial charge in [-0.05, 0) is 47.0 Å². The minimum atomic E-state index is -0.171. The minimum Gasteiger partial charge on any atom is -0.315 e. The highest BCUT2D eigenvalue weighted by Crippen LogP contribution is 2.34. The molecule has 1 saturated heterocycles. The number of hydrogen-bond donors (Lipinski definition) is 1. The number of nitrogens with zero attached hydrogens (tertiary/aromatic N) is 1. The summed E-state index contributed by atoms with van der Waals surface area (Å²) in [5.74, 6) is -0.171. The molecule has 2 nitrogen and oxygen atoms in total. The standard InChI is InChI=1S/C22H23FN2/c23-19-9-3-8-18(16-19)22(25-14-5-12-24-13-15-25)21-11-4-7-17-6-1-2-10-20(17)21/h1-4,6-11,16,22,24H,5,12-15H2. The van der Waals surface area contributed by atoms with E-state index >= 15 is 0 Å². The van der Waals surface area contributed by atoms with Crippen molar-refractivity contribution in [1.29, 1.82) is 0 Å². The predicted molar refractivity (Wildman–Crippen MR) is 101 cm³/mol. The van der Waals surface area contributed by atoms with Gasteiger partial charge in [0.15, 0.2) is 0 Å². The van der Waals surface area contributed by atoms with Crippen molar-refractivity contribution < 1.29 is 4.39 Å². The van der Waals surface area contributed by atoms with Crippen molar-refractivity contribution in [3.8, 4) is 0 Å². The van der Waals surface area contributed by atoms with Crippen molar-refractivity contribution >= 4 is 10.8 Å². The van der Waals surface area contributed by atoms with E-state index in [0.29, 0.717) is 0 Å². The summed E-state index contributed by atoms with van der Waals surface area (Å²) in [4.78, 5) is 2.48. The average Bonchev–Trinajstić information content (AvgIpc) is 2.92. The molecule has 1 aliphatic heterocycles. The highest BCUT2D eigenvalue weighted by molar-refractivity contribution is 5.86. The van der Waals surface area contributed by atoms with Crippen LogP contribution in [0, 0.1) is 5.82 Å². The molecule has 3 aromatic carbocycles. The van der Waals surface area contributed by atoms with Gasteiger partial charge < -0.3 is 5.32 Å². The summed E-state index contributed by atoms with van der Waals surface area (Å²) in [5.41, 5.74) is 2.28. The maximum atomic E-state index is 14.0. The SMILES string of the molecule is Fc1cccc(C(c2cccc3ccccc23)N2CCCNCC2)c1. The molecule has 1 atom stereocenters. The molecule has 1 heterocycles. The third kappa shape index (κ3) is 3.44.